The van der Waals surface area contributed by atoms with Gasteiger partial charge in [-0.15, -0.1) is 0 Å². The van der Waals surface area contributed by atoms with Crippen molar-refractivity contribution in [3.63, 3.8) is 0 Å². The summed E-state index contributed by atoms with van der Waals surface area (Å²) < 4.78 is 9.31. The van der Waals surface area contributed by atoms with Gasteiger partial charge in [-0.25, -0.2) is 4.98 Å². The zero-order chi connectivity index (χ0) is 39.3. The van der Waals surface area contributed by atoms with Crippen LogP contribution in [0.4, 0.5) is 0 Å². The van der Waals surface area contributed by atoms with Gasteiger partial charge in [0.2, 0.25) is 0 Å². The first kappa shape index (κ1) is 35.4. The molecular weight excluding hydrogens is 705 g/mol. The lowest BCUT2D eigenvalue weighted by Crippen LogP contribution is -2.09. The molecule has 0 atom stereocenters. The summed E-state index contributed by atoms with van der Waals surface area (Å²) in [6.07, 6.45) is 0. The number of rotatable bonds is 8. The molecule has 10 aromatic rings. The van der Waals surface area contributed by atoms with Crippen LogP contribution in [0.25, 0.3) is 94.6 Å². The van der Waals surface area contributed by atoms with Crippen molar-refractivity contribution in [2.75, 3.05) is 0 Å². The average Bonchev–Trinajstić information content (AvgIpc) is 3.85. The topological polar surface area (TPSA) is 31.0 Å². The molecule has 280 valence electrons. The van der Waals surface area contributed by atoms with Crippen molar-refractivity contribution >= 4 is 33.0 Å². The van der Waals surface area contributed by atoms with Gasteiger partial charge in [-0.2, -0.15) is 0 Å². The third-order valence-corrected chi connectivity index (χ3v) is 11.6. The normalized spacial score (nSPS) is 11.8. The summed E-state index contributed by atoms with van der Waals surface area (Å²) in [4.78, 5) is 5.40. The van der Waals surface area contributed by atoms with Crippen LogP contribution in [0.3, 0.4) is 0 Å². The molecule has 0 aliphatic heterocycles. The Labute approximate surface area is 339 Å². The number of hydrogen-bond acceptors (Lipinski definition) is 2. The predicted octanol–water partition coefficient (Wildman–Crippen LogP) is 15.5. The second-order valence-corrected chi connectivity index (χ2v) is 16.0. The highest BCUT2D eigenvalue weighted by Crippen LogP contribution is 2.43. The van der Waals surface area contributed by atoms with Crippen molar-refractivity contribution in [2.45, 2.75) is 39.5 Å². The number of hydrogen-bond donors (Lipinski definition) is 0. The van der Waals surface area contributed by atoms with Crippen molar-refractivity contribution in [3.8, 4) is 61.6 Å². The summed E-state index contributed by atoms with van der Waals surface area (Å²) in [6.45, 7) is 9.21. The fraction of sp³-hybridized carbons (Fsp3) is 0.109. The highest BCUT2D eigenvalue weighted by atomic mass is 16.3. The van der Waals surface area contributed by atoms with Gasteiger partial charge in [0, 0.05) is 10.8 Å². The molecule has 3 heteroatoms. The highest BCUT2D eigenvalue weighted by Gasteiger charge is 2.25. The number of para-hydroxylation sites is 3. The monoisotopic (exact) mass is 748 g/mol. The molecule has 0 saturated heterocycles. The van der Waals surface area contributed by atoms with E-state index in [9.17, 15) is 0 Å². The Balaban J connectivity index is 1.12. The summed E-state index contributed by atoms with van der Waals surface area (Å²) in [5.41, 5.74) is 18.1. The summed E-state index contributed by atoms with van der Waals surface area (Å²) in [6, 6.07) is 65.3. The van der Waals surface area contributed by atoms with Crippen molar-refractivity contribution in [1.29, 1.82) is 0 Å². The van der Waals surface area contributed by atoms with Gasteiger partial charge < -0.3 is 4.42 Å². The fourth-order valence-corrected chi connectivity index (χ4v) is 8.54. The highest BCUT2D eigenvalue weighted by molar-refractivity contribution is 6.10. The molecule has 2 aromatic heterocycles. The van der Waals surface area contributed by atoms with Gasteiger partial charge in [0.25, 0.3) is 0 Å². The standard InChI is InChI=1S/C55H44N2O/c1-35(2)48-32-44(42-28-24-40(25-29-42)38-16-9-6-10-17-38)33-49(36(3)4)53(48)57-51-21-12-11-20-50(51)56-55(57)47-19-13-18-46-45-31-30-43(34-52(45)58-54(46)47)41-26-22-39(23-27-41)37-14-7-5-8-15-37/h5-36H,1-4H3. The Bertz CT molecular complexity index is 3050. The van der Waals surface area contributed by atoms with Crippen LogP contribution in [0.1, 0.15) is 50.7 Å². The van der Waals surface area contributed by atoms with Crippen molar-refractivity contribution in [3.05, 3.63) is 193 Å². The van der Waals surface area contributed by atoms with Crippen molar-refractivity contribution in [2.24, 2.45) is 0 Å². The molecule has 10 rings (SSSR count). The molecule has 2 heterocycles. The van der Waals surface area contributed by atoms with Crippen LogP contribution in [0, 0.1) is 0 Å². The third kappa shape index (κ3) is 6.20. The van der Waals surface area contributed by atoms with Crippen LogP contribution in [-0.4, -0.2) is 9.55 Å². The number of aromatic nitrogens is 2. The van der Waals surface area contributed by atoms with E-state index in [1.807, 2.05) is 0 Å². The maximum absolute atomic E-state index is 6.90. The molecular formula is C55H44N2O. The van der Waals surface area contributed by atoms with Crippen LogP contribution < -0.4 is 0 Å². The van der Waals surface area contributed by atoms with Crippen LogP contribution in [0.2, 0.25) is 0 Å². The minimum Gasteiger partial charge on any atom is -0.455 e. The average molecular weight is 749 g/mol. The Morgan fingerprint density at radius 1 is 0.431 bits per heavy atom. The first-order chi connectivity index (χ1) is 28.4. The third-order valence-electron chi connectivity index (χ3n) is 11.6. The Morgan fingerprint density at radius 2 is 0.931 bits per heavy atom. The number of imidazole rings is 1. The van der Waals surface area contributed by atoms with E-state index in [1.165, 1.54) is 50.2 Å². The molecule has 0 fully saturated rings. The largest absolute Gasteiger partial charge is 0.455 e. The van der Waals surface area contributed by atoms with Gasteiger partial charge in [0.1, 0.15) is 17.0 Å². The lowest BCUT2D eigenvalue weighted by atomic mass is 9.87. The summed E-state index contributed by atoms with van der Waals surface area (Å²) in [5, 5.41) is 2.18. The number of nitrogens with zero attached hydrogens (tertiary/aromatic N) is 2. The van der Waals surface area contributed by atoms with Crippen LogP contribution in [0.15, 0.2) is 186 Å². The molecule has 3 nitrogen and oxygen atoms in total. The van der Waals surface area contributed by atoms with E-state index in [4.69, 9.17) is 9.40 Å². The van der Waals surface area contributed by atoms with E-state index in [0.29, 0.717) is 0 Å². The van der Waals surface area contributed by atoms with Gasteiger partial charge in [0.05, 0.1) is 22.3 Å². The molecule has 0 spiro atoms. The molecule has 58 heavy (non-hydrogen) atoms. The van der Waals surface area contributed by atoms with Crippen LogP contribution >= 0.6 is 0 Å². The number of furan rings is 1. The number of benzene rings is 8. The molecule has 0 bridgehead atoms. The van der Waals surface area contributed by atoms with Gasteiger partial charge >= 0.3 is 0 Å². The molecule has 8 aromatic carbocycles. The molecule has 0 N–H and O–H groups in total. The molecule has 0 aliphatic carbocycles. The van der Waals surface area contributed by atoms with E-state index in [0.717, 1.165) is 55.5 Å². The Kier molecular flexibility index (Phi) is 8.87. The van der Waals surface area contributed by atoms with Crippen LogP contribution in [0.5, 0.6) is 0 Å². The van der Waals surface area contributed by atoms with Gasteiger partial charge in [-0.3, -0.25) is 4.57 Å². The van der Waals surface area contributed by atoms with Crippen LogP contribution in [-0.2, 0) is 0 Å². The van der Waals surface area contributed by atoms with E-state index >= 15 is 0 Å². The van der Waals surface area contributed by atoms with Gasteiger partial charge in [0.15, 0.2) is 0 Å². The molecule has 0 unspecified atom stereocenters. The second-order valence-electron chi connectivity index (χ2n) is 16.0. The lowest BCUT2D eigenvalue weighted by Gasteiger charge is -2.24. The summed E-state index contributed by atoms with van der Waals surface area (Å²) in [7, 11) is 0. The lowest BCUT2D eigenvalue weighted by molar-refractivity contribution is 0.669. The molecule has 0 amide bonds. The van der Waals surface area contributed by atoms with E-state index in [2.05, 4.69) is 214 Å². The molecule has 0 radical (unpaired) electrons. The molecule has 0 saturated carbocycles. The minimum atomic E-state index is 0.257. The minimum absolute atomic E-state index is 0.257. The van der Waals surface area contributed by atoms with Crippen molar-refractivity contribution < 1.29 is 4.42 Å². The second kappa shape index (κ2) is 14.5. The van der Waals surface area contributed by atoms with Gasteiger partial charge in [-0.1, -0.05) is 167 Å². The quantitative estimate of drug-likeness (QED) is 0.155. The predicted molar refractivity (Wildman–Crippen MR) is 244 cm³/mol. The first-order valence-corrected chi connectivity index (χ1v) is 20.3. The van der Waals surface area contributed by atoms with Crippen molar-refractivity contribution in [1.82, 2.24) is 9.55 Å². The Morgan fingerprint density at radius 3 is 1.52 bits per heavy atom. The zero-order valence-corrected chi connectivity index (χ0v) is 33.3. The maximum Gasteiger partial charge on any atom is 0.149 e. The van der Waals surface area contributed by atoms with E-state index in [1.54, 1.807) is 0 Å². The smallest absolute Gasteiger partial charge is 0.149 e. The summed E-state index contributed by atoms with van der Waals surface area (Å²) >= 11 is 0. The Hall–Kier alpha value is -6.97. The SMILES string of the molecule is CC(C)c1cc(-c2ccc(-c3ccccc3)cc2)cc(C(C)C)c1-n1c(-c2cccc3c2oc2cc(-c4ccc(-c5ccccc5)cc4)ccc23)nc2ccccc21. The van der Waals surface area contributed by atoms with Gasteiger partial charge in [-0.05, 0) is 110 Å². The van der Waals surface area contributed by atoms with E-state index < -0.39 is 0 Å². The zero-order valence-electron chi connectivity index (χ0n) is 33.3. The summed E-state index contributed by atoms with van der Waals surface area (Å²) in [5.74, 6) is 1.39. The van der Waals surface area contributed by atoms with E-state index in [-0.39, 0.29) is 11.8 Å². The maximum atomic E-state index is 6.90. The molecule has 0 aliphatic rings. The fourth-order valence-electron chi connectivity index (χ4n) is 8.54. The first-order valence-electron chi connectivity index (χ1n) is 20.3. The number of fused-ring (bicyclic) bond motifs is 4.